The highest BCUT2D eigenvalue weighted by molar-refractivity contribution is 5.89. The zero-order valence-electron chi connectivity index (χ0n) is 7.75. The third-order valence-corrected chi connectivity index (χ3v) is 1.32. The first-order valence-electron chi connectivity index (χ1n) is 4.21. The van der Waals surface area contributed by atoms with Crippen molar-refractivity contribution in [2.24, 2.45) is 0 Å². The molecule has 0 aromatic rings. The normalized spacial score (nSPS) is 9.00. The fourth-order valence-corrected chi connectivity index (χ4v) is 0.661. The third kappa shape index (κ3) is 7.05. The molecular formula is C9H14O4. The van der Waals surface area contributed by atoms with E-state index in [9.17, 15) is 9.59 Å². The zero-order chi connectivity index (χ0) is 10.1. The molecule has 4 heteroatoms. The fraction of sp³-hybridized carbons (Fsp3) is 0.556. The molecule has 74 valence electrons. The smallest absolute Gasteiger partial charge is 0.434 e. The summed E-state index contributed by atoms with van der Waals surface area (Å²) in [4.78, 5) is 21.1. The molecule has 0 N–H and O–H groups in total. The number of rotatable bonds is 5. The molecule has 0 fully saturated rings. The van der Waals surface area contributed by atoms with Crippen LogP contribution in [0.4, 0.5) is 4.79 Å². The molecule has 0 aliphatic rings. The quantitative estimate of drug-likeness (QED) is 0.285. The lowest BCUT2D eigenvalue weighted by molar-refractivity contribution is -0.134. The van der Waals surface area contributed by atoms with Gasteiger partial charge in [0.1, 0.15) is 0 Å². The van der Waals surface area contributed by atoms with Gasteiger partial charge in [0, 0.05) is 6.08 Å². The molecule has 0 heterocycles. The van der Waals surface area contributed by atoms with Crippen LogP contribution in [0.2, 0.25) is 0 Å². The minimum Gasteiger partial charge on any atom is -0.434 e. The minimum absolute atomic E-state index is 0.289. The van der Waals surface area contributed by atoms with Gasteiger partial charge in [0.25, 0.3) is 0 Å². The summed E-state index contributed by atoms with van der Waals surface area (Å²) in [6, 6.07) is 0. The van der Waals surface area contributed by atoms with E-state index in [4.69, 9.17) is 0 Å². The lowest BCUT2D eigenvalue weighted by atomic mass is 10.3. The summed E-state index contributed by atoms with van der Waals surface area (Å²) >= 11 is 0. The molecule has 0 radical (unpaired) electrons. The van der Waals surface area contributed by atoms with Crippen LogP contribution in [0.1, 0.15) is 26.2 Å². The van der Waals surface area contributed by atoms with Crippen LogP contribution in [-0.2, 0) is 14.3 Å². The predicted octanol–water partition coefficient (Wildman–Crippen LogP) is 2.04. The lowest BCUT2D eigenvalue weighted by Gasteiger charge is -2.01. The van der Waals surface area contributed by atoms with Crippen molar-refractivity contribution in [3.05, 3.63) is 12.7 Å². The van der Waals surface area contributed by atoms with Gasteiger partial charge < -0.3 is 9.47 Å². The van der Waals surface area contributed by atoms with Gasteiger partial charge in [0.15, 0.2) is 0 Å². The Bertz CT molecular complexity index is 186. The van der Waals surface area contributed by atoms with Gasteiger partial charge in [-0.15, -0.1) is 0 Å². The summed E-state index contributed by atoms with van der Waals surface area (Å²) in [5.41, 5.74) is 0. The molecule has 0 aliphatic carbocycles. The first-order chi connectivity index (χ1) is 6.20. The monoisotopic (exact) mass is 186 g/mol. The average Bonchev–Trinajstić information content (AvgIpc) is 2.12. The van der Waals surface area contributed by atoms with Crippen molar-refractivity contribution in [3.63, 3.8) is 0 Å². The highest BCUT2D eigenvalue weighted by atomic mass is 16.7. The fourth-order valence-electron chi connectivity index (χ4n) is 0.661. The van der Waals surface area contributed by atoms with Gasteiger partial charge in [-0.25, -0.2) is 9.59 Å². The zero-order valence-corrected chi connectivity index (χ0v) is 7.75. The summed E-state index contributed by atoms with van der Waals surface area (Å²) in [5.74, 6) is -0.791. The number of esters is 1. The van der Waals surface area contributed by atoms with E-state index in [0.717, 1.165) is 25.3 Å². The van der Waals surface area contributed by atoms with Crippen molar-refractivity contribution in [2.45, 2.75) is 26.2 Å². The first-order valence-corrected chi connectivity index (χ1v) is 4.21. The molecule has 0 aromatic carbocycles. The summed E-state index contributed by atoms with van der Waals surface area (Å²) in [6.45, 7) is 5.47. The van der Waals surface area contributed by atoms with Gasteiger partial charge in [-0.3, -0.25) is 0 Å². The van der Waals surface area contributed by atoms with Gasteiger partial charge >= 0.3 is 12.1 Å². The Labute approximate surface area is 77.5 Å². The summed E-state index contributed by atoms with van der Waals surface area (Å²) in [5, 5.41) is 0. The second-order valence-electron chi connectivity index (χ2n) is 2.43. The highest BCUT2D eigenvalue weighted by Crippen LogP contribution is 1.95. The van der Waals surface area contributed by atoms with Crippen LogP contribution in [-0.4, -0.2) is 18.7 Å². The molecule has 0 bridgehead atoms. The molecule has 0 amide bonds. The summed E-state index contributed by atoms with van der Waals surface area (Å²) in [7, 11) is 0. The molecule has 4 nitrogen and oxygen atoms in total. The van der Waals surface area contributed by atoms with Crippen LogP contribution < -0.4 is 0 Å². The van der Waals surface area contributed by atoms with Gasteiger partial charge in [0.2, 0.25) is 0 Å². The Hall–Kier alpha value is -1.32. The molecule has 0 rings (SSSR count). The number of unbranched alkanes of at least 4 members (excludes halogenated alkanes) is 2. The molecule has 0 aliphatic heterocycles. The van der Waals surface area contributed by atoms with Crippen LogP contribution in [0.3, 0.4) is 0 Å². The maximum Gasteiger partial charge on any atom is 0.516 e. The molecular weight excluding hydrogens is 172 g/mol. The molecule has 0 saturated carbocycles. The van der Waals surface area contributed by atoms with Crippen molar-refractivity contribution < 1.29 is 19.1 Å². The SMILES string of the molecule is C=CC(=O)OC(=O)OCCCCC. The molecule has 13 heavy (non-hydrogen) atoms. The minimum atomic E-state index is -0.957. The van der Waals surface area contributed by atoms with E-state index >= 15 is 0 Å². The number of hydrogen-bond donors (Lipinski definition) is 0. The van der Waals surface area contributed by atoms with E-state index in [1.54, 1.807) is 0 Å². The van der Waals surface area contributed by atoms with Crippen molar-refractivity contribution in [1.82, 2.24) is 0 Å². The Balaban J connectivity index is 3.40. The summed E-state index contributed by atoms with van der Waals surface area (Å²) in [6.07, 6.45) is 2.77. The number of carbonyl (C=O) groups is 2. The third-order valence-electron chi connectivity index (χ3n) is 1.32. The lowest BCUT2D eigenvalue weighted by Crippen LogP contribution is -2.12. The maximum absolute atomic E-state index is 10.7. The van der Waals surface area contributed by atoms with Crippen LogP contribution in [0, 0.1) is 0 Å². The van der Waals surface area contributed by atoms with Crippen LogP contribution >= 0.6 is 0 Å². The molecule has 0 spiro atoms. The van der Waals surface area contributed by atoms with Gasteiger partial charge in [-0.05, 0) is 6.42 Å². The average molecular weight is 186 g/mol. The number of carbonyl (C=O) groups excluding carboxylic acids is 2. The molecule has 0 saturated heterocycles. The Morgan fingerprint density at radius 1 is 1.38 bits per heavy atom. The maximum atomic E-state index is 10.7. The van der Waals surface area contributed by atoms with E-state index < -0.39 is 12.1 Å². The van der Waals surface area contributed by atoms with E-state index in [1.807, 2.05) is 6.92 Å². The van der Waals surface area contributed by atoms with Crippen molar-refractivity contribution in [2.75, 3.05) is 6.61 Å². The number of ether oxygens (including phenoxy) is 2. The second kappa shape index (κ2) is 7.34. The van der Waals surface area contributed by atoms with Crippen molar-refractivity contribution in [1.29, 1.82) is 0 Å². The standard InChI is InChI=1S/C9H14O4/c1-3-5-6-7-12-9(11)13-8(10)4-2/h4H,2-3,5-7H2,1H3. The Kier molecular flexibility index (Phi) is 6.59. The van der Waals surface area contributed by atoms with E-state index in [0.29, 0.717) is 0 Å². The number of hydrogen-bond acceptors (Lipinski definition) is 4. The first kappa shape index (κ1) is 11.7. The molecule has 0 atom stereocenters. The largest absolute Gasteiger partial charge is 0.516 e. The summed E-state index contributed by atoms with van der Waals surface area (Å²) < 4.78 is 8.75. The van der Waals surface area contributed by atoms with E-state index in [2.05, 4.69) is 16.1 Å². The van der Waals surface area contributed by atoms with Crippen LogP contribution in [0.15, 0.2) is 12.7 Å². The van der Waals surface area contributed by atoms with Gasteiger partial charge in [0.05, 0.1) is 6.61 Å². The van der Waals surface area contributed by atoms with Crippen LogP contribution in [0.25, 0.3) is 0 Å². The van der Waals surface area contributed by atoms with E-state index in [-0.39, 0.29) is 6.61 Å². The second-order valence-corrected chi connectivity index (χ2v) is 2.43. The Morgan fingerprint density at radius 2 is 2.08 bits per heavy atom. The molecule has 0 unspecified atom stereocenters. The predicted molar refractivity (Wildman–Crippen MR) is 47.2 cm³/mol. The van der Waals surface area contributed by atoms with E-state index in [1.165, 1.54) is 0 Å². The topological polar surface area (TPSA) is 52.6 Å². The van der Waals surface area contributed by atoms with Gasteiger partial charge in [-0.1, -0.05) is 26.3 Å². The van der Waals surface area contributed by atoms with Crippen LogP contribution in [0.5, 0.6) is 0 Å². The van der Waals surface area contributed by atoms with Crippen molar-refractivity contribution in [3.8, 4) is 0 Å². The Morgan fingerprint density at radius 3 is 2.62 bits per heavy atom. The molecule has 0 aromatic heterocycles. The highest BCUT2D eigenvalue weighted by Gasteiger charge is 2.07. The van der Waals surface area contributed by atoms with Crippen molar-refractivity contribution >= 4 is 12.1 Å². The van der Waals surface area contributed by atoms with Gasteiger partial charge in [-0.2, -0.15) is 0 Å².